The van der Waals surface area contributed by atoms with Crippen LogP contribution in [-0.4, -0.2) is 12.6 Å². The number of nitrogens with two attached hydrogens (primary N) is 1. The van der Waals surface area contributed by atoms with E-state index in [1.807, 2.05) is 12.1 Å². The van der Waals surface area contributed by atoms with Gasteiger partial charge in [0.15, 0.2) is 0 Å². The van der Waals surface area contributed by atoms with Gasteiger partial charge in [0.1, 0.15) is 0 Å². The molecular formula is C16H25ClN2. The Hall–Kier alpha value is -0.570. The molecule has 2 nitrogen and oxygen atoms in total. The summed E-state index contributed by atoms with van der Waals surface area (Å²) >= 11 is 5.97. The summed E-state index contributed by atoms with van der Waals surface area (Å²) in [5.41, 5.74) is 7.20. The van der Waals surface area contributed by atoms with Gasteiger partial charge < -0.3 is 11.1 Å². The maximum Gasteiger partial charge on any atom is 0.0406 e. The molecule has 0 saturated heterocycles. The summed E-state index contributed by atoms with van der Waals surface area (Å²) in [6.07, 6.45) is 3.81. The fraction of sp³-hybridized carbons (Fsp3) is 0.625. The van der Waals surface area contributed by atoms with Crippen molar-refractivity contribution in [3.63, 3.8) is 0 Å². The third kappa shape index (κ3) is 3.71. The van der Waals surface area contributed by atoms with Crippen molar-refractivity contribution in [2.24, 2.45) is 17.6 Å². The molecule has 1 aromatic rings. The SMILES string of the molecule is CC(C)C(NC1CCCC1CN)c1ccc(Cl)cc1. The number of nitrogens with one attached hydrogen (secondary N) is 1. The van der Waals surface area contributed by atoms with E-state index < -0.39 is 0 Å². The van der Waals surface area contributed by atoms with Crippen molar-refractivity contribution in [1.82, 2.24) is 5.32 Å². The van der Waals surface area contributed by atoms with E-state index in [0.29, 0.717) is 23.9 Å². The predicted octanol–water partition coefficient (Wildman–Crippen LogP) is 3.75. The summed E-state index contributed by atoms with van der Waals surface area (Å²) in [5.74, 6) is 1.19. The molecule has 0 amide bonds. The molecule has 3 heteroatoms. The van der Waals surface area contributed by atoms with E-state index in [1.165, 1.54) is 24.8 Å². The van der Waals surface area contributed by atoms with Crippen molar-refractivity contribution < 1.29 is 0 Å². The summed E-state index contributed by atoms with van der Waals surface area (Å²) in [4.78, 5) is 0. The molecule has 0 aromatic heterocycles. The second-order valence-electron chi connectivity index (χ2n) is 5.97. The molecule has 0 heterocycles. The van der Waals surface area contributed by atoms with Gasteiger partial charge in [0, 0.05) is 17.1 Å². The lowest BCUT2D eigenvalue weighted by atomic mass is 9.93. The molecular weight excluding hydrogens is 256 g/mol. The topological polar surface area (TPSA) is 38.0 Å². The molecule has 3 N–H and O–H groups in total. The lowest BCUT2D eigenvalue weighted by Crippen LogP contribution is -2.40. The van der Waals surface area contributed by atoms with Crippen molar-refractivity contribution in [2.75, 3.05) is 6.54 Å². The minimum atomic E-state index is 0.384. The molecule has 3 atom stereocenters. The van der Waals surface area contributed by atoms with E-state index in [9.17, 15) is 0 Å². The Morgan fingerprint density at radius 1 is 1.26 bits per heavy atom. The molecule has 3 unspecified atom stereocenters. The molecule has 1 saturated carbocycles. The van der Waals surface area contributed by atoms with Gasteiger partial charge in [-0.25, -0.2) is 0 Å². The average Bonchev–Trinajstić information content (AvgIpc) is 2.84. The zero-order chi connectivity index (χ0) is 13.8. The normalized spacial score (nSPS) is 24.9. The maximum absolute atomic E-state index is 5.97. The van der Waals surface area contributed by atoms with Crippen molar-refractivity contribution >= 4 is 11.6 Å². The highest BCUT2D eigenvalue weighted by Gasteiger charge is 2.29. The van der Waals surface area contributed by atoms with Gasteiger partial charge in [-0.05, 0) is 48.9 Å². The average molecular weight is 281 g/mol. The molecule has 19 heavy (non-hydrogen) atoms. The fourth-order valence-electron chi connectivity index (χ4n) is 3.11. The second-order valence-corrected chi connectivity index (χ2v) is 6.41. The van der Waals surface area contributed by atoms with E-state index in [2.05, 4.69) is 31.3 Å². The van der Waals surface area contributed by atoms with Crippen LogP contribution >= 0.6 is 11.6 Å². The summed E-state index contributed by atoms with van der Waals surface area (Å²) < 4.78 is 0. The van der Waals surface area contributed by atoms with E-state index in [1.54, 1.807) is 0 Å². The first-order valence-electron chi connectivity index (χ1n) is 7.33. The van der Waals surface area contributed by atoms with Crippen LogP contribution in [0.15, 0.2) is 24.3 Å². The highest BCUT2D eigenvalue weighted by molar-refractivity contribution is 6.30. The van der Waals surface area contributed by atoms with Crippen molar-refractivity contribution in [3.8, 4) is 0 Å². The van der Waals surface area contributed by atoms with Gasteiger partial charge in [-0.2, -0.15) is 0 Å². The molecule has 1 aliphatic rings. The quantitative estimate of drug-likeness (QED) is 0.862. The van der Waals surface area contributed by atoms with Gasteiger partial charge in [0.05, 0.1) is 0 Å². The smallest absolute Gasteiger partial charge is 0.0406 e. The van der Waals surface area contributed by atoms with Crippen molar-refractivity contribution in [3.05, 3.63) is 34.9 Å². The van der Waals surface area contributed by atoms with Crippen LogP contribution in [-0.2, 0) is 0 Å². The van der Waals surface area contributed by atoms with Crippen molar-refractivity contribution in [2.45, 2.75) is 45.2 Å². The molecule has 1 aromatic carbocycles. The zero-order valence-electron chi connectivity index (χ0n) is 11.9. The largest absolute Gasteiger partial charge is 0.330 e. The summed E-state index contributed by atoms with van der Waals surface area (Å²) in [5, 5.41) is 4.63. The lowest BCUT2D eigenvalue weighted by Gasteiger charge is -2.29. The summed E-state index contributed by atoms with van der Waals surface area (Å²) in [6.45, 7) is 5.32. The highest BCUT2D eigenvalue weighted by atomic mass is 35.5. The monoisotopic (exact) mass is 280 g/mol. The molecule has 0 radical (unpaired) electrons. The van der Waals surface area contributed by atoms with E-state index in [-0.39, 0.29) is 0 Å². The van der Waals surface area contributed by atoms with Crippen LogP contribution in [0.5, 0.6) is 0 Å². The fourth-order valence-corrected chi connectivity index (χ4v) is 3.24. The Kier molecular flexibility index (Phi) is 5.26. The van der Waals surface area contributed by atoms with Crippen LogP contribution in [0.2, 0.25) is 5.02 Å². The first-order chi connectivity index (χ1) is 9.11. The van der Waals surface area contributed by atoms with Gasteiger partial charge in [0.25, 0.3) is 0 Å². The number of halogens is 1. The standard InChI is InChI=1S/C16H25ClN2/c1-11(2)16(12-6-8-14(17)9-7-12)19-15-5-3-4-13(15)10-18/h6-9,11,13,15-16,19H,3-5,10,18H2,1-2H3. The van der Waals surface area contributed by atoms with E-state index in [0.717, 1.165) is 11.6 Å². The number of benzene rings is 1. The van der Waals surface area contributed by atoms with Gasteiger partial charge in [0.2, 0.25) is 0 Å². The predicted molar refractivity (Wildman–Crippen MR) is 82.4 cm³/mol. The van der Waals surface area contributed by atoms with Gasteiger partial charge in [-0.15, -0.1) is 0 Å². The number of hydrogen-bond acceptors (Lipinski definition) is 2. The Labute approximate surface area is 121 Å². The minimum Gasteiger partial charge on any atom is -0.330 e. The Morgan fingerprint density at radius 2 is 1.95 bits per heavy atom. The van der Waals surface area contributed by atoms with Crippen LogP contribution in [0, 0.1) is 11.8 Å². The molecule has 0 bridgehead atoms. The van der Waals surface area contributed by atoms with E-state index in [4.69, 9.17) is 17.3 Å². The first kappa shape index (κ1) is 14.8. The van der Waals surface area contributed by atoms with Crippen LogP contribution in [0.25, 0.3) is 0 Å². The third-order valence-corrected chi connectivity index (χ3v) is 4.50. The summed E-state index contributed by atoms with van der Waals surface area (Å²) in [7, 11) is 0. The van der Waals surface area contributed by atoms with Crippen molar-refractivity contribution in [1.29, 1.82) is 0 Å². The van der Waals surface area contributed by atoms with Crippen LogP contribution in [0.1, 0.15) is 44.7 Å². The zero-order valence-corrected chi connectivity index (χ0v) is 12.7. The molecule has 2 rings (SSSR count). The van der Waals surface area contributed by atoms with Crippen LogP contribution < -0.4 is 11.1 Å². The molecule has 0 aliphatic heterocycles. The molecule has 1 fully saturated rings. The minimum absolute atomic E-state index is 0.384. The van der Waals surface area contributed by atoms with Crippen LogP contribution in [0.4, 0.5) is 0 Å². The first-order valence-corrected chi connectivity index (χ1v) is 7.71. The Bertz CT molecular complexity index is 388. The highest BCUT2D eigenvalue weighted by Crippen LogP contribution is 2.30. The molecule has 0 spiro atoms. The Balaban J connectivity index is 2.10. The number of hydrogen-bond donors (Lipinski definition) is 2. The van der Waals surface area contributed by atoms with E-state index >= 15 is 0 Å². The third-order valence-electron chi connectivity index (χ3n) is 4.25. The van der Waals surface area contributed by atoms with Crippen LogP contribution in [0.3, 0.4) is 0 Å². The summed E-state index contributed by atoms with van der Waals surface area (Å²) in [6, 6.07) is 9.16. The van der Waals surface area contributed by atoms with Gasteiger partial charge >= 0.3 is 0 Å². The molecule has 1 aliphatic carbocycles. The second kappa shape index (κ2) is 6.74. The lowest BCUT2D eigenvalue weighted by molar-refractivity contribution is 0.315. The van der Waals surface area contributed by atoms with Gasteiger partial charge in [-0.3, -0.25) is 0 Å². The Morgan fingerprint density at radius 3 is 2.53 bits per heavy atom. The maximum atomic E-state index is 5.97. The van der Waals surface area contributed by atoms with Gasteiger partial charge in [-0.1, -0.05) is 44.0 Å². The molecule has 106 valence electrons. The number of rotatable bonds is 5.